The van der Waals surface area contributed by atoms with Crippen LogP contribution < -0.4 is 0 Å². The predicted octanol–water partition coefficient (Wildman–Crippen LogP) is 2.86. The Morgan fingerprint density at radius 2 is 2.04 bits per heavy atom. The standard InChI is InChI=1S/C20H27N3O/c1-4-23-15(3)21-20(19(23)24)10-9-17-12-22(13-18(17)20)11-16-8-6-5-7-14(16)2/h5-8,17-18H,4,9-13H2,1-3H3/t17-,18+,20-/m0/s1. The Morgan fingerprint density at radius 1 is 1.25 bits per heavy atom. The maximum atomic E-state index is 13.0. The Hall–Kier alpha value is -1.68. The van der Waals surface area contributed by atoms with E-state index in [0.29, 0.717) is 11.8 Å². The molecule has 3 atom stereocenters. The van der Waals surface area contributed by atoms with Crippen molar-refractivity contribution in [3.05, 3.63) is 35.4 Å². The van der Waals surface area contributed by atoms with Crippen LogP contribution in [0.4, 0.5) is 0 Å². The van der Waals surface area contributed by atoms with Crippen molar-refractivity contribution in [1.29, 1.82) is 0 Å². The van der Waals surface area contributed by atoms with Gasteiger partial charge in [-0.1, -0.05) is 24.3 Å². The second kappa shape index (κ2) is 5.69. The third-order valence-electron chi connectivity index (χ3n) is 6.37. The molecule has 0 radical (unpaired) electrons. The van der Waals surface area contributed by atoms with Gasteiger partial charge in [0.05, 0.1) is 0 Å². The average Bonchev–Trinajstić information content (AvgIpc) is 3.17. The lowest BCUT2D eigenvalue weighted by atomic mass is 9.85. The van der Waals surface area contributed by atoms with E-state index >= 15 is 0 Å². The van der Waals surface area contributed by atoms with Crippen LogP contribution in [0.1, 0.15) is 37.8 Å². The summed E-state index contributed by atoms with van der Waals surface area (Å²) in [5.74, 6) is 2.18. The highest BCUT2D eigenvalue weighted by Gasteiger charge is 2.60. The summed E-state index contributed by atoms with van der Waals surface area (Å²) in [6.07, 6.45) is 2.07. The van der Waals surface area contributed by atoms with Gasteiger partial charge in [-0.25, -0.2) is 0 Å². The number of likely N-dealkylation sites (tertiary alicyclic amines) is 1. The minimum atomic E-state index is -0.453. The van der Waals surface area contributed by atoms with Crippen LogP contribution in [0.5, 0.6) is 0 Å². The fourth-order valence-corrected chi connectivity index (χ4v) is 5.10. The average molecular weight is 325 g/mol. The summed E-state index contributed by atoms with van der Waals surface area (Å²) in [7, 11) is 0. The Kier molecular flexibility index (Phi) is 3.75. The van der Waals surface area contributed by atoms with Crippen LogP contribution in [0.25, 0.3) is 0 Å². The molecule has 3 aliphatic rings. The molecular formula is C20H27N3O. The third kappa shape index (κ3) is 2.23. The molecule has 24 heavy (non-hydrogen) atoms. The van der Waals surface area contributed by atoms with Gasteiger partial charge in [0.2, 0.25) is 0 Å². The summed E-state index contributed by atoms with van der Waals surface area (Å²) in [5, 5.41) is 0. The maximum Gasteiger partial charge on any atom is 0.256 e. The summed E-state index contributed by atoms with van der Waals surface area (Å²) in [5.41, 5.74) is 2.30. The topological polar surface area (TPSA) is 35.9 Å². The number of hydrogen-bond donors (Lipinski definition) is 0. The Balaban J connectivity index is 1.54. The zero-order valence-electron chi connectivity index (χ0n) is 15.0. The minimum Gasteiger partial charge on any atom is -0.299 e. The number of likely N-dealkylation sites (N-methyl/N-ethyl adjacent to an activating group) is 1. The molecule has 0 N–H and O–H groups in total. The van der Waals surface area contributed by atoms with E-state index in [1.807, 2.05) is 18.7 Å². The second-order valence-corrected chi connectivity index (χ2v) is 7.66. The molecule has 128 valence electrons. The molecule has 1 saturated carbocycles. The molecule has 1 spiro atoms. The molecule has 1 aromatic rings. The lowest BCUT2D eigenvalue weighted by Gasteiger charge is -2.28. The molecule has 4 nitrogen and oxygen atoms in total. The van der Waals surface area contributed by atoms with Gasteiger partial charge >= 0.3 is 0 Å². The molecule has 4 rings (SSSR count). The molecule has 2 fully saturated rings. The quantitative estimate of drug-likeness (QED) is 0.857. The van der Waals surface area contributed by atoms with Gasteiger partial charge in [0.25, 0.3) is 5.91 Å². The number of amidine groups is 1. The van der Waals surface area contributed by atoms with Crippen LogP contribution in [0.15, 0.2) is 29.3 Å². The largest absolute Gasteiger partial charge is 0.299 e. The number of amides is 1. The zero-order chi connectivity index (χ0) is 16.9. The number of fused-ring (bicyclic) bond motifs is 2. The number of aliphatic imine (C=N–C) groups is 1. The van der Waals surface area contributed by atoms with Gasteiger partial charge in [-0.05, 0) is 50.7 Å². The van der Waals surface area contributed by atoms with Gasteiger partial charge in [0, 0.05) is 32.1 Å². The molecule has 2 heterocycles. The molecule has 0 unspecified atom stereocenters. The summed E-state index contributed by atoms with van der Waals surface area (Å²) in [6.45, 7) is 10.0. The fourth-order valence-electron chi connectivity index (χ4n) is 5.10. The molecule has 0 bridgehead atoms. The van der Waals surface area contributed by atoms with Crippen molar-refractivity contribution in [2.75, 3.05) is 19.6 Å². The SMILES string of the molecule is CCN1C(=O)[C@@]2(CC[C@H]3CN(Cc4ccccc4C)C[C@H]32)N=C1C. The highest BCUT2D eigenvalue weighted by Crippen LogP contribution is 2.50. The summed E-state index contributed by atoms with van der Waals surface area (Å²) in [6, 6.07) is 8.62. The van der Waals surface area contributed by atoms with Crippen LogP contribution in [0, 0.1) is 18.8 Å². The van der Waals surface area contributed by atoms with E-state index in [4.69, 9.17) is 4.99 Å². The molecule has 4 heteroatoms. The predicted molar refractivity (Wildman–Crippen MR) is 95.9 cm³/mol. The van der Waals surface area contributed by atoms with Gasteiger partial charge in [-0.15, -0.1) is 0 Å². The van der Waals surface area contributed by atoms with Crippen LogP contribution >= 0.6 is 0 Å². The first-order chi connectivity index (χ1) is 11.5. The Labute approximate surface area is 144 Å². The van der Waals surface area contributed by atoms with Gasteiger partial charge in [-0.2, -0.15) is 0 Å². The van der Waals surface area contributed by atoms with E-state index in [1.165, 1.54) is 11.1 Å². The van der Waals surface area contributed by atoms with Gasteiger partial charge < -0.3 is 0 Å². The van der Waals surface area contributed by atoms with E-state index in [1.54, 1.807) is 0 Å². The first-order valence-electron chi connectivity index (χ1n) is 9.20. The van der Waals surface area contributed by atoms with Gasteiger partial charge in [-0.3, -0.25) is 19.6 Å². The fraction of sp³-hybridized carbons (Fsp3) is 0.600. The number of hydrogen-bond acceptors (Lipinski definition) is 3. The normalized spacial score (nSPS) is 32.7. The van der Waals surface area contributed by atoms with Gasteiger partial charge in [0.1, 0.15) is 11.4 Å². The van der Waals surface area contributed by atoms with E-state index in [9.17, 15) is 4.79 Å². The van der Waals surface area contributed by atoms with Crippen LogP contribution in [0.2, 0.25) is 0 Å². The lowest BCUT2D eigenvalue weighted by molar-refractivity contribution is -0.132. The number of nitrogens with zero attached hydrogens (tertiary/aromatic N) is 3. The Morgan fingerprint density at radius 3 is 2.75 bits per heavy atom. The first kappa shape index (κ1) is 15.8. The van der Waals surface area contributed by atoms with Crippen molar-refractivity contribution >= 4 is 11.7 Å². The van der Waals surface area contributed by atoms with E-state index < -0.39 is 5.54 Å². The van der Waals surface area contributed by atoms with E-state index in [2.05, 4.69) is 36.1 Å². The Bertz CT molecular complexity index is 698. The van der Waals surface area contributed by atoms with Crippen LogP contribution in [0.3, 0.4) is 0 Å². The van der Waals surface area contributed by atoms with Crippen molar-refractivity contribution in [3.8, 4) is 0 Å². The first-order valence-corrected chi connectivity index (χ1v) is 9.20. The number of aryl methyl sites for hydroxylation is 1. The van der Waals surface area contributed by atoms with Crippen molar-refractivity contribution in [2.24, 2.45) is 16.8 Å². The van der Waals surface area contributed by atoms with Crippen molar-refractivity contribution < 1.29 is 4.79 Å². The summed E-state index contributed by atoms with van der Waals surface area (Å²) in [4.78, 5) is 22.4. The summed E-state index contributed by atoms with van der Waals surface area (Å²) < 4.78 is 0. The zero-order valence-corrected chi connectivity index (χ0v) is 15.0. The van der Waals surface area contributed by atoms with E-state index in [-0.39, 0.29) is 5.91 Å². The molecule has 1 saturated heterocycles. The molecule has 0 aromatic heterocycles. The smallest absolute Gasteiger partial charge is 0.256 e. The van der Waals surface area contributed by atoms with Crippen molar-refractivity contribution in [3.63, 3.8) is 0 Å². The monoisotopic (exact) mass is 325 g/mol. The highest BCUT2D eigenvalue weighted by atomic mass is 16.2. The van der Waals surface area contributed by atoms with Gasteiger partial charge in [0.15, 0.2) is 0 Å². The van der Waals surface area contributed by atoms with E-state index in [0.717, 1.165) is 44.9 Å². The molecular weight excluding hydrogens is 298 g/mol. The molecule has 1 aromatic carbocycles. The lowest BCUT2D eigenvalue weighted by Crippen LogP contribution is -2.46. The minimum absolute atomic E-state index is 0.257. The van der Waals surface area contributed by atoms with Crippen LogP contribution in [-0.4, -0.2) is 46.7 Å². The third-order valence-corrected chi connectivity index (χ3v) is 6.37. The molecule has 2 aliphatic heterocycles. The number of benzene rings is 1. The highest BCUT2D eigenvalue weighted by molar-refractivity contribution is 6.07. The van der Waals surface area contributed by atoms with Crippen LogP contribution in [-0.2, 0) is 11.3 Å². The number of rotatable bonds is 3. The van der Waals surface area contributed by atoms with Crippen molar-refractivity contribution in [2.45, 2.75) is 45.7 Å². The van der Waals surface area contributed by atoms with Crippen molar-refractivity contribution in [1.82, 2.24) is 9.80 Å². The molecule has 1 aliphatic carbocycles. The number of carbonyl (C=O) groups excluding carboxylic acids is 1. The maximum absolute atomic E-state index is 13.0. The summed E-state index contributed by atoms with van der Waals surface area (Å²) >= 11 is 0. The number of carbonyl (C=O) groups is 1. The molecule has 1 amide bonds. The second-order valence-electron chi connectivity index (χ2n) is 7.66.